The third-order valence-electron chi connectivity index (χ3n) is 5.28. The fraction of sp³-hybridized carbons (Fsp3) is 0.913. The summed E-state index contributed by atoms with van der Waals surface area (Å²) in [5.41, 5.74) is 0. The van der Waals surface area contributed by atoms with Crippen LogP contribution in [0.2, 0.25) is 0 Å². The third-order valence-corrected chi connectivity index (χ3v) is 5.28. The molecule has 1 atom stereocenters. The normalized spacial score (nSPS) is 17.7. The van der Waals surface area contributed by atoms with Crippen LogP contribution in [-0.2, 0) is 4.74 Å². The SMILES string of the molecule is CCCCCCCC/C=C/CCCCCCCCOC[C@@H]1CCCN1. The highest BCUT2D eigenvalue weighted by molar-refractivity contribution is 4.81. The average Bonchev–Trinajstić information content (AvgIpc) is 3.14. The number of rotatable bonds is 18. The maximum Gasteiger partial charge on any atom is 0.0619 e. The molecule has 1 N–H and O–H groups in total. The summed E-state index contributed by atoms with van der Waals surface area (Å²) in [6.07, 6.45) is 26.6. The molecule has 0 amide bonds. The zero-order valence-corrected chi connectivity index (χ0v) is 17.1. The van der Waals surface area contributed by atoms with Gasteiger partial charge in [-0.15, -0.1) is 0 Å². The van der Waals surface area contributed by atoms with Crippen LogP contribution in [0.25, 0.3) is 0 Å². The molecule has 0 aromatic rings. The van der Waals surface area contributed by atoms with E-state index in [4.69, 9.17) is 4.74 Å². The van der Waals surface area contributed by atoms with Gasteiger partial charge in [-0.25, -0.2) is 0 Å². The Morgan fingerprint density at radius 3 is 2.00 bits per heavy atom. The largest absolute Gasteiger partial charge is 0.380 e. The quantitative estimate of drug-likeness (QED) is 0.217. The molecule has 0 aromatic carbocycles. The lowest BCUT2D eigenvalue weighted by molar-refractivity contribution is 0.112. The Balaban J connectivity index is 1.68. The third kappa shape index (κ3) is 15.6. The standard InChI is InChI=1S/C23H45NO/c1-2-3-4-5-6-7-8-9-10-11-12-13-14-15-16-17-21-25-22-23-19-18-20-24-23/h9-10,23-24H,2-8,11-22H2,1H3/b10-9+/t23-/m0/s1. The molecule has 0 bridgehead atoms. The Bertz CT molecular complexity index is 284. The van der Waals surface area contributed by atoms with Gasteiger partial charge in [0.1, 0.15) is 0 Å². The average molecular weight is 352 g/mol. The minimum Gasteiger partial charge on any atom is -0.380 e. The summed E-state index contributed by atoms with van der Waals surface area (Å²) < 4.78 is 5.77. The Hall–Kier alpha value is -0.340. The van der Waals surface area contributed by atoms with Crippen molar-refractivity contribution in [2.45, 2.75) is 116 Å². The number of hydrogen-bond acceptors (Lipinski definition) is 2. The smallest absolute Gasteiger partial charge is 0.0619 e. The summed E-state index contributed by atoms with van der Waals surface area (Å²) in [6, 6.07) is 0.633. The zero-order chi connectivity index (χ0) is 17.8. The van der Waals surface area contributed by atoms with Gasteiger partial charge in [-0.05, 0) is 51.5 Å². The summed E-state index contributed by atoms with van der Waals surface area (Å²) in [5.74, 6) is 0. The Labute approximate surface area is 158 Å². The van der Waals surface area contributed by atoms with Gasteiger partial charge < -0.3 is 10.1 Å². The van der Waals surface area contributed by atoms with E-state index < -0.39 is 0 Å². The molecule has 1 aliphatic rings. The van der Waals surface area contributed by atoms with E-state index >= 15 is 0 Å². The topological polar surface area (TPSA) is 21.3 Å². The first-order chi connectivity index (χ1) is 12.4. The molecular weight excluding hydrogens is 306 g/mol. The Morgan fingerprint density at radius 1 is 0.800 bits per heavy atom. The van der Waals surface area contributed by atoms with Crippen molar-refractivity contribution in [3.8, 4) is 0 Å². The van der Waals surface area contributed by atoms with Crippen LogP contribution in [0.15, 0.2) is 12.2 Å². The first kappa shape index (κ1) is 22.7. The second-order valence-electron chi connectivity index (χ2n) is 7.81. The summed E-state index contributed by atoms with van der Waals surface area (Å²) in [5, 5.41) is 3.48. The lowest BCUT2D eigenvalue weighted by Gasteiger charge is -2.10. The van der Waals surface area contributed by atoms with Crippen molar-refractivity contribution in [2.24, 2.45) is 0 Å². The second-order valence-corrected chi connectivity index (χ2v) is 7.81. The van der Waals surface area contributed by atoms with Crippen molar-refractivity contribution < 1.29 is 4.74 Å². The minimum atomic E-state index is 0.633. The Morgan fingerprint density at radius 2 is 1.40 bits per heavy atom. The lowest BCUT2D eigenvalue weighted by Crippen LogP contribution is -2.26. The number of nitrogens with one attached hydrogen (secondary N) is 1. The van der Waals surface area contributed by atoms with Gasteiger partial charge in [0.15, 0.2) is 0 Å². The fourth-order valence-electron chi connectivity index (χ4n) is 3.58. The van der Waals surface area contributed by atoms with Crippen LogP contribution in [0.4, 0.5) is 0 Å². The van der Waals surface area contributed by atoms with Crippen molar-refractivity contribution in [3.05, 3.63) is 12.2 Å². The molecule has 1 fully saturated rings. The van der Waals surface area contributed by atoms with Crippen molar-refractivity contribution >= 4 is 0 Å². The van der Waals surface area contributed by atoms with Crippen LogP contribution in [0.5, 0.6) is 0 Å². The van der Waals surface area contributed by atoms with E-state index in [0.717, 1.165) is 13.2 Å². The van der Waals surface area contributed by atoms with Crippen molar-refractivity contribution in [3.63, 3.8) is 0 Å². The number of allylic oxidation sites excluding steroid dienone is 2. The lowest BCUT2D eigenvalue weighted by atomic mass is 10.1. The van der Waals surface area contributed by atoms with Crippen molar-refractivity contribution in [2.75, 3.05) is 19.8 Å². The summed E-state index contributed by atoms with van der Waals surface area (Å²) in [6.45, 7) is 5.35. The first-order valence-corrected chi connectivity index (χ1v) is 11.4. The molecule has 1 heterocycles. The van der Waals surface area contributed by atoms with Gasteiger partial charge in [0.25, 0.3) is 0 Å². The molecule has 25 heavy (non-hydrogen) atoms. The van der Waals surface area contributed by atoms with Crippen LogP contribution < -0.4 is 5.32 Å². The highest BCUT2D eigenvalue weighted by Gasteiger charge is 2.13. The molecule has 2 heteroatoms. The van der Waals surface area contributed by atoms with Crippen LogP contribution in [-0.4, -0.2) is 25.8 Å². The summed E-state index contributed by atoms with van der Waals surface area (Å²) >= 11 is 0. The van der Waals surface area contributed by atoms with Gasteiger partial charge in [-0.1, -0.05) is 76.9 Å². The second kappa shape index (κ2) is 18.5. The van der Waals surface area contributed by atoms with Gasteiger partial charge in [0, 0.05) is 12.6 Å². The van der Waals surface area contributed by atoms with E-state index in [0.29, 0.717) is 6.04 Å². The van der Waals surface area contributed by atoms with E-state index in [2.05, 4.69) is 24.4 Å². The van der Waals surface area contributed by atoms with E-state index in [-0.39, 0.29) is 0 Å². The predicted molar refractivity (Wildman–Crippen MR) is 111 cm³/mol. The number of hydrogen-bond donors (Lipinski definition) is 1. The molecule has 0 aliphatic carbocycles. The Kier molecular flexibility index (Phi) is 16.8. The molecule has 0 spiro atoms. The van der Waals surface area contributed by atoms with Crippen LogP contribution >= 0.6 is 0 Å². The van der Waals surface area contributed by atoms with Crippen molar-refractivity contribution in [1.29, 1.82) is 0 Å². The number of unbranched alkanes of at least 4 members (excludes halogenated alkanes) is 12. The highest BCUT2D eigenvalue weighted by atomic mass is 16.5. The number of ether oxygens (including phenoxy) is 1. The predicted octanol–water partition coefficient (Wildman–Crippen LogP) is 6.79. The summed E-state index contributed by atoms with van der Waals surface area (Å²) in [4.78, 5) is 0. The molecule has 0 unspecified atom stereocenters. The molecule has 0 radical (unpaired) electrons. The van der Waals surface area contributed by atoms with E-state index in [1.165, 1.54) is 109 Å². The molecular formula is C23H45NO. The molecule has 0 aromatic heterocycles. The maximum atomic E-state index is 5.77. The van der Waals surface area contributed by atoms with Gasteiger partial charge >= 0.3 is 0 Å². The van der Waals surface area contributed by atoms with E-state index in [1.807, 2.05) is 0 Å². The van der Waals surface area contributed by atoms with Crippen molar-refractivity contribution in [1.82, 2.24) is 5.32 Å². The van der Waals surface area contributed by atoms with E-state index in [9.17, 15) is 0 Å². The highest BCUT2D eigenvalue weighted by Crippen LogP contribution is 2.10. The molecule has 148 valence electrons. The van der Waals surface area contributed by atoms with E-state index in [1.54, 1.807) is 0 Å². The minimum absolute atomic E-state index is 0.633. The van der Waals surface area contributed by atoms with Gasteiger partial charge in [-0.3, -0.25) is 0 Å². The first-order valence-electron chi connectivity index (χ1n) is 11.4. The van der Waals surface area contributed by atoms with Gasteiger partial charge in [-0.2, -0.15) is 0 Å². The monoisotopic (exact) mass is 351 g/mol. The van der Waals surface area contributed by atoms with Gasteiger partial charge in [0.05, 0.1) is 6.61 Å². The summed E-state index contributed by atoms with van der Waals surface area (Å²) in [7, 11) is 0. The molecule has 1 saturated heterocycles. The van der Waals surface area contributed by atoms with Crippen LogP contribution in [0.1, 0.15) is 110 Å². The zero-order valence-electron chi connectivity index (χ0n) is 17.1. The molecule has 1 rings (SSSR count). The molecule has 2 nitrogen and oxygen atoms in total. The van der Waals surface area contributed by atoms with Crippen LogP contribution in [0.3, 0.4) is 0 Å². The fourth-order valence-corrected chi connectivity index (χ4v) is 3.58. The van der Waals surface area contributed by atoms with Gasteiger partial charge in [0.2, 0.25) is 0 Å². The molecule has 1 aliphatic heterocycles. The van der Waals surface area contributed by atoms with Crippen LogP contribution in [0, 0.1) is 0 Å². The maximum absolute atomic E-state index is 5.77. The molecule has 0 saturated carbocycles.